The summed E-state index contributed by atoms with van der Waals surface area (Å²) in [5.41, 5.74) is 0. The van der Waals surface area contributed by atoms with Crippen LogP contribution >= 0.6 is 0 Å². The lowest BCUT2D eigenvalue weighted by molar-refractivity contribution is -0.297. The Morgan fingerprint density at radius 1 is 1.07 bits per heavy atom. The van der Waals surface area contributed by atoms with Crippen LogP contribution in [0.25, 0.3) is 0 Å². The van der Waals surface area contributed by atoms with Gasteiger partial charge in [-0.1, -0.05) is 6.58 Å². The number of alkyl halides is 7. The van der Waals surface area contributed by atoms with Crippen LogP contribution in [0.15, 0.2) is 12.8 Å². The number of hydrogen-bond donors (Lipinski definition) is 0. The third-order valence-corrected chi connectivity index (χ3v) is 1.17. The predicted octanol–water partition coefficient (Wildman–Crippen LogP) is 2.98. The minimum absolute atomic E-state index is 0.0362. The van der Waals surface area contributed by atoms with Crippen LogP contribution in [0.4, 0.5) is 30.7 Å². The Morgan fingerprint density at radius 2 is 1.50 bits per heavy atom. The minimum Gasteiger partial charge on any atom is -0.482 e. The lowest BCUT2D eigenvalue weighted by Gasteiger charge is -2.26. The van der Waals surface area contributed by atoms with Crippen LogP contribution in [0, 0.1) is 0 Å². The van der Waals surface area contributed by atoms with Gasteiger partial charge in [0.05, 0.1) is 6.26 Å². The van der Waals surface area contributed by atoms with E-state index in [1.165, 1.54) is 0 Å². The molecule has 0 bridgehead atoms. The molecule has 0 radical (unpaired) electrons. The van der Waals surface area contributed by atoms with E-state index in [0.717, 1.165) is 0 Å². The van der Waals surface area contributed by atoms with E-state index in [1.807, 2.05) is 0 Å². The largest absolute Gasteiger partial charge is 0.482 e. The molecule has 0 aliphatic heterocycles. The summed E-state index contributed by atoms with van der Waals surface area (Å²) in [6, 6.07) is 0. The number of ether oxygens (including phenoxy) is 1. The fourth-order valence-corrected chi connectivity index (χ4v) is 0.597. The zero-order valence-electron chi connectivity index (χ0n) is 6.49. The van der Waals surface area contributed by atoms with Crippen molar-refractivity contribution < 1.29 is 35.5 Å². The van der Waals surface area contributed by atoms with Crippen molar-refractivity contribution in [1.82, 2.24) is 0 Å². The van der Waals surface area contributed by atoms with Crippen LogP contribution in [0.3, 0.4) is 0 Å². The SMILES string of the molecule is C=COC(C(F)(F)F)C(F)(F)C(F)F. The van der Waals surface area contributed by atoms with Gasteiger partial charge >= 0.3 is 18.5 Å². The molecule has 0 rings (SSSR count). The molecule has 0 aromatic rings. The van der Waals surface area contributed by atoms with Crippen LogP contribution < -0.4 is 0 Å². The second-order valence-corrected chi connectivity index (χ2v) is 2.20. The molecule has 0 amide bonds. The van der Waals surface area contributed by atoms with Crippen molar-refractivity contribution in [1.29, 1.82) is 0 Å². The average Bonchev–Trinajstić information content (AvgIpc) is 1.97. The highest BCUT2D eigenvalue weighted by Gasteiger charge is 2.62. The molecular formula is C6H5F7O. The summed E-state index contributed by atoms with van der Waals surface area (Å²) in [5, 5.41) is 0. The summed E-state index contributed by atoms with van der Waals surface area (Å²) in [6.07, 6.45) is -13.9. The van der Waals surface area contributed by atoms with Gasteiger partial charge in [-0.3, -0.25) is 0 Å². The van der Waals surface area contributed by atoms with E-state index in [4.69, 9.17) is 0 Å². The molecule has 0 aromatic carbocycles. The smallest absolute Gasteiger partial charge is 0.431 e. The third kappa shape index (κ3) is 2.78. The van der Waals surface area contributed by atoms with Gasteiger partial charge in [-0.25, -0.2) is 8.78 Å². The Balaban J connectivity index is 4.91. The average molecular weight is 226 g/mol. The van der Waals surface area contributed by atoms with Gasteiger partial charge < -0.3 is 4.74 Å². The third-order valence-electron chi connectivity index (χ3n) is 1.17. The van der Waals surface area contributed by atoms with E-state index in [-0.39, 0.29) is 6.26 Å². The number of hydrogen-bond acceptors (Lipinski definition) is 1. The normalized spacial score (nSPS) is 15.4. The molecule has 0 aromatic heterocycles. The minimum atomic E-state index is -5.59. The molecule has 1 atom stereocenters. The first kappa shape index (κ1) is 13.0. The van der Waals surface area contributed by atoms with E-state index in [9.17, 15) is 30.7 Å². The Bertz CT molecular complexity index is 197. The van der Waals surface area contributed by atoms with E-state index in [1.54, 1.807) is 0 Å². The molecular weight excluding hydrogens is 221 g/mol. The van der Waals surface area contributed by atoms with E-state index in [0.29, 0.717) is 0 Å². The van der Waals surface area contributed by atoms with E-state index < -0.39 is 24.6 Å². The zero-order chi connectivity index (χ0) is 11.6. The number of rotatable bonds is 4. The lowest BCUT2D eigenvalue weighted by atomic mass is 10.2. The van der Waals surface area contributed by atoms with Crippen molar-refractivity contribution in [2.45, 2.75) is 24.6 Å². The summed E-state index contributed by atoms with van der Waals surface area (Å²) in [5.74, 6) is -5.30. The van der Waals surface area contributed by atoms with Crippen LogP contribution in [0.1, 0.15) is 0 Å². The Labute approximate surface area is 74.1 Å². The second kappa shape index (κ2) is 4.05. The first-order valence-electron chi connectivity index (χ1n) is 3.13. The maximum absolute atomic E-state index is 12.3. The van der Waals surface area contributed by atoms with Gasteiger partial charge in [-0.2, -0.15) is 22.0 Å². The topological polar surface area (TPSA) is 9.23 Å². The Kier molecular flexibility index (Phi) is 3.78. The number of halogens is 7. The monoisotopic (exact) mass is 226 g/mol. The van der Waals surface area contributed by atoms with Crippen LogP contribution in [0.5, 0.6) is 0 Å². The summed E-state index contributed by atoms with van der Waals surface area (Å²) < 4.78 is 86.3. The highest BCUT2D eigenvalue weighted by molar-refractivity contribution is 4.87. The molecule has 0 aliphatic carbocycles. The Hall–Kier alpha value is -0.950. The summed E-state index contributed by atoms with van der Waals surface area (Å²) in [4.78, 5) is 0. The molecule has 84 valence electrons. The van der Waals surface area contributed by atoms with Crippen LogP contribution in [0.2, 0.25) is 0 Å². The quantitative estimate of drug-likeness (QED) is 0.529. The summed E-state index contributed by atoms with van der Waals surface area (Å²) in [7, 11) is 0. The molecule has 8 heteroatoms. The molecule has 0 saturated heterocycles. The standard InChI is InChI=1S/C6H5F7O/c1-2-14-3(6(11,12)13)5(9,10)4(7)8/h2-4H,1H2. The molecule has 0 N–H and O–H groups in total. The van der Waals surface area contributed by atoms with E-state index >= 15 is 0 Å². The maximum atomic E-state index is 12.3. The van der Waals surface area contributed by atoms with Gasteiger partial charge in [-0.05, 0) is 0 Å². The molecule has 0 fully saturated rings. The summed E-state index contributed by atoms with van der Waals surface area (Å²) in [6.45, 7) is 2.59. The van der Waals surface area contributed by atoms with Crippen molar-refractivity contribution in [3.63, 3.8) is 0 Å². The van der Waals surface area contributed by atoms with Crippen LogP contribution in [-0.4, -0.2) is 24.6 Å². The molecule has 0 heterocycles. The molecule has 0 saturated carbocycles. The predicted molar refractivity (Wildman–Crippen MR) is 32.1 cm³/mol. The Morgan fingerprint density at radius 3 is 1.71 bits per heavy atom. The first-order valence-corrected chi connectivity index (χ1v) is 3.13. The van der Waals surface area contributed by atoms with Crippen molar-refractivity contribution in [3.8, 4) is 0 Å². The second-order valence-electron chi connectivity index (χ2n) is 2.20. The zero-order valence-corrected chi connectivity index (χ0v) is 6.49. The van der Waals surface area contributed by atoms with Crippen molar-refractivity contribution >= 4 is 0 Å². The van der Waals surface area contributed by atoms with Gasteiger partial charge in [-0.15, -0.1) is 0 Å². The van der Waals surface area contributed by atoms with E-state index in [2.05, 4.69) is 11.3 Å². The van der Waals surface area contributed by atoms with Gasteiger partial charge in [0.2, 0.25) is 0 Å². The van der Waals surface area contributed by atoms with Crippen molar-refractivity contribution in [3.05, 3.63) is 12.8 Å². The van der Waals surface area contributed by atoms with Crippen molar-refractivity contribution in [2.24, 2.45) is 0 Å². The van der Waals surface area contributed by atoms with Crippen molar-refractivity contribution in [2.75, 3.05) is 0 Å². The van der Waals surface area contributed by atoms with Gasteiger partial charge in [0, 0.05) is 0 Å². The highest BCUT2D eigenvalue weighted by atomic mass is 19.4. The maximum Gasteiger partial charge on any atom is 0.431 e. The van der Waals surface area contributed by atoms with Gasteiger partial charge in [0.25, 0.3) is 6.10 Å². The first-order chi connectivity index (χ1) is 6.14. The van der Waals surface area contributed by atoms with Gasteiger partial charge in [0.15, 0.2) is 0 Å². The fourth-order valence-electron chi connectivity index (χ4n) is 0.597. The molecule has 1 nitrogen and oxygen atoms in total. The fraction of sp³-hybridized carbons (Fsp3) is 0.667. The van der Waals surface area contributed by atoms with Gasteiger partial charge in [0.1, 0.15) is 0 Å². The van der Waals surface area contributed by atoms with Crippen LogP contribution in [-0.2, 0) is 4.74 Å². The molecule has 0 spiro atoms. The molecule has 0 aliphatic rings. The molecule has 1 unspecified atom stereocenters. The lowest BCUT2D eigenvalue weighted by Crippen LogP contribution is -2.50. The highest BCUT2D eigenvalue weighted by Crippen LogP contribution is 2.38. The molecule has 14 heavy (non-hydrogen) atoms. The summed E-state index contributed by atoms with van der Waals surface area (Å²) >= 11 is 0.